The molecule has 1 aliphatic rings. The predicted octanol–water partition coefficient (Wildman–Crippen LogP) is 3.15. The van der Waals surface area contributed by atoms with Crippen LogP contribution in [0.2, 0.25) is 0 Å². The molecule has 90 valence electrons. The minimum absolute atomic E-state index is 0.341. The van der Waals surface area contributed by atoms with Gasteiger partial charge in [-0.1, -0.05) is 22.0 Å². The van der Waals surface area contributed by atoms with E-state index in [0.717, 1.165) is 23.1 Å². The number of nitriles is 1. The average molecular weight is 296 g/mol. The predicted molar refractivity (Wildman–Crippen MR) is 67.7 cm³/mol. The molecule has 1 aromatic rings. The van der Waals surface area contributed by atoms with Gasteiger partial charge < -0.3 is 9.47 Å². The van der Waals surface area contributed by atoms with E-state index in [1.54, 1.807) is 0 Å². The normalized spacial score (nSPS) is 23.3. The molecule has 0 aromatic heterocycles. The lowest BCUT2D eigenvalue weighted by Gasteiger charge is -2.18. The van der Waals surface area contributed by atoms with Crippen LogP contribution in [0.1, 0.15) is 12.8 Å². The molecule has 0 N–H and O–H groups in total. The second kappa shape index (κ2) is 5.52. The standard InChI is InChI=1S/C13H14BrNO2/c14-11-2-1-3-12(8-11)17-7-5-13(9-15)4-6-16-10-13/h1-3,8H,4-7,10H2. The van der Waals surface area contributed by atoms with Crippen LogP contribution < -0.4 is 4.74 Å². The van der Waals surface area contributed by atoms with Crippen molar-refractivity contribution in [3.63, 3.8) is 0 Å². The summed E-state index contributed by atoms with van der Waals surface area (Å²) in [6.45, 7) is 1.77. The summed E-state index contributed by atoms with van der Waals surface area (Å²) in [6.07, 6.45) is 1.53. The molecule has 0 spiro atoms. The van der Waals surface area contributed by atoms with Crippen molar-refractivity contribution >= 4 is 15.9 Å². The first-order valence-electron chi connectivity index (χ1n) is 5.61. The zero-order valence-electron chi connectivity index (χ0n) is 9.49. The summed E-state index contributed by atoms with van der Waals surface area (Å²) in [6, 6.07) is 10.1. The second-order valence-electron chi connectivity index (χ2n) is 4.25. The van der Waals surface area contributed by atoms with Gasteiger partial charge in [0.25, 0.3) is 0 Å². The van der Waals surface area contributed by atoms with E-state index in [9.17, 15) is 0 Å². The molecule has 1 heterocycles. The van der Waals surface area contributed by atoms with Gasteiger partial charge in [0.15, 0.2) is 0 Å². The molecule has 17 heavy (non-hydrogen) atoms. The molecular weight excluding hydrogens is 282 g/mol. The fourth-order valence-electron chi connectivity index (χ4n) is 1.87. The number of rotatable bonds is 4. The maximum Gasteiger partial charge on any atom is 0.120 e. The summed E-state index contributed by atoms with van der Waals surface area (Å²) in [7, 11) is 0. The minimum atomic E-state index is -0.341. The molecule has 2 rings (SSSR count). The molecule has 0 radical (unpaired) electrons. The zero-order valence-corrected chi connectivity index (χ0v) is 11.1. The third-order valence-electron chi connectivity index (χ3n) is 2.99. The Morgan fingerprint density at radius 1 is 1.53 bits per heavy atom. The number of ether oxygens (including phenoxy) is 2. The Kier molecular flexibility index (Phi) is 4.03. The van der Waals surface area contributed by atoms with E-state index in [0.29, 0.717) is 19.8 Å². The van der Waals surface area contributed by atoms with E-state index >= 15 is 0 Å². The van der Waals surface area contributed by atoms with Gasteiger partial charge in [0.1, 0.15) is 5.75 Å². The zero-order chi connectivity index (χ0) is 12.1. The molecule has 3 nitrogen and oxygen atoms in total. The molecule has 1 atom stereocenters. The Morgan fingerprint density at radius 2 is 2.41 bits per heavy atom. The highest BCUT2D eigenvalue weighted by atomic mass is 79.9. The lowest BCUT2D eigenvalue weighted by molar-refractivity contribution is 0.158. The Hall–Kier alpha value is -1.05. The SMILES string of the molecule is N#CC1(CCOc2cccc(Br)c2)CCOC1. The number of hydrogen-bond acceptors (Lipinski definition) is 3. The molecule has 0 bridgehead atoms. The third kappa shape index (κ3) is 3.21. The van der Waals surface area contributed by atoms with Crippen LogP contribution in [-0.2, 0) is 4.74 Å². The van der Waals surface area contributed by atoms with Crippen LogP contribution in [0, 0.1) is 16.7 Å². The maximum absolute atomic E-state index is 9.16. The van der Waals surface area contributed by atoms with E-state index in [1.165, 1.54) is 0 Å². The van der Waals surface area contributed by atoms with Gasteiger partial charge in [0, 0.05) is 17.5 Å². The first-order valence-corrected chi connectivity index (χ1v) is 6.41. The fourth-order valence-corrected chi connectivity index (χ4v) is 2.25. The van der Waals surface area contributed by atoms with Gasteiger partial charge in [0.2, 0.25) is 0 Å². The van der Waals surface area contributed by atoms with Crippen LogP contribution in [-0.4, -0.2) is 19.8 Å². The molecule has 1 unspecified atom stereocenters. The largest absolute Gasteiger partial charge is 0.493 e. The summed E-state index contributed by atoms with van der Waals surface area (Å²) < 4.78 is 11.9. The number of nitrogens with zero attached hydrogens (tertiary/aromatic N) is 1. The van der Waals surface area contributed by atoms with Gasteiger partial charge in [-0.25, -0.2) is 0 Å². The molecular formula is C13H14BrNO2. The van der Waals surface area contributed by atoms with Gasteiger partial charge >= 0.3 is 0 Å². The Balaban J connectivity index is 1.85. The molecule has 1 aromatic carbocycles. The monoisotopic (exact) mass is 295 g/mol. The second-order valence-corrected chi connectivity index (χ2v) is 5.17. The van der Waals surface area contributed by atoms with E-state index in [4.69, 9.17) is 14.7 Å². The van der Waals surface area contributed by atoms with Crippen molar-refractivity contribution in [1.82, 2.24) is 0 Å². The molecule has 0 amide bonds. The van der Waals surface area contributed by atoms with Gasteiger partial charge in [-0.05, 0) is 24.6 Å². The average Bonchev–Trinajstić information content (AvgIpc) is 2.79. The maximum atomic E-state index is 9.16. The minimum Gasteiger partial charge on any atom is -0.493 e. The summed E-state index contributed by atoms with van der Waals surface area (Å²) in [4.78, 5) is 0. The van der Waals surface area contributed by atoms with Crippen molar-refractivity contribution in [3.8, 4) is 11.8 Å². The van der Waals surface area contributed by atoms with Crippen LogP contribution in [0.5, 0.6) is 5.75 Å². The number of hydrogen-bond donors (Lipinski definition) is 0. The molecule has 4 heteroatoms. The quantitative estimate of drug-likeness (QED) is 0.857. The molecule has 1 saturated heterocycles. The fraction of sp³-hybridized carbons (Fsp3) is 0.462. The number of benzene rings is 1. The topological polar surface area (TPSA) is 42.2 Å². The third-order valence-corrected chi connectivity index (χ3v) is 3.48. The van der Waals surface area contributed by atoms with E-state index in [1.807, 2.05) is 24.3 Å². The summed E-state index contributed by atoms with van der Waals surface area (Å²) in [5, 5.41) is 9.16. The van der Waals surface area contributed by atoms with Gasteiger partial charge in [-0.2, -0.15) is 5.26 Å². The van der Waals surface area contributed by atoms with Crippen molar-refractivity contribution in [2.45, 2.75) is 12.8 Å². The molecule has 0 saturated carbocycles. The lowest BCUT2D eigenvalue weighted by Crippen LogP contribution is -2.21. The van der Waals surface area contributed by atoms with Crippen molar-refractivity contribution in [1.29, 1.82) is 5.26 Å². The highest BCUT2D eigenvalue weighted by molar-refractivity contribution is 9.10. The van der Waals surface area contributed by atoms with Crippen LogP contribution in [0.25, 0.3) is 0 Å². The van der Waals surface area contributed by atoms with Gasteiger partial charge in [0.05, 0.1) is 24.7 Å². The Labute approximate surface area is 109 Å². The molecule has 1 fully saturated rings. The summed E-state index contributed by atoms with van der Waals surface area (Å²) in [5.41, 5.74) is -0.341. The van der Waals surface area contributed by atoms with E-state index in [-0.39, 0.29) is 5.41 Å². The van der Waals surface area contributed by atoms with Gasteiger partial charge in [-0.3, -0.25) is 0 Å². The van der Waals surface area contributed by atoms with Gasteiger partial charge in [-0.15, -0.1) is 0 Å². The van der Waals surface area contributed by atoms with Crippen molar-refractivity contribution in [2.75, 3.05) is 19.8 Å². The smallest absolute Gasteiger partial charge is 0.120 e. The first kappa shape index (κ1) is 12.4. The Bertz CT molecular complexity index is 422. The van der Waals surface area contributed by atoms with E-state index < -0.39 is 0 Å². The van der Waals surface area contributed by atoms with Crippen molar-refractivity contribution in [2.24, 2.45) is 5.41 Å². The highest BCUT2D eigenvalue weighted by Crippen LogP contribution is 2.31. The Morgan fingerprint density at radius 3 is 3.06 bits per heavy atom. The van der Waals surface area contributed by atoms with Crippen LogP contribution in [0.3, 0.4) is 0 Å². The van der Waals surface area contributed by atoms with Crippen LogP contribution in [0.15, 0.2) is 28.7 Å². The van der Waals surface area contributed by atoms with Crippen LogP contribution in [0.4, 0.5) is 0 Å². The molecule has 0 aliphatic carbocycles. The number of halogens is 1. The summed E-state index contributed by atoms with van der Waals surface area (Å²) in [5.74, 6) is 0.825. The van der Waals surface area contributed by atoms with Crippen LogP contribution >= 0.6 is 15.9 Å². The summed E-state index contributed by atoms with van der Waals surface area (Å²) >= 11 is 3.39. The highest BCUT2D eigenvalue weighted by Gasteiger charge is 2.34. The molecule has 1 aliphatic heterocycles. The van der Waals surface area contributed by atoms with Crippen molar-refractivity contribution < 1.29 is 9.47 Å². The van der Waals surface area contributed by atoms with E-state index in [2.05, 4.69) is 22.0 Å². The van der Waals surface area contributed by atoms with Crippen molar-refractivity contribution in [3.05, 3.63) is 28.7 Å². The lowest BCUT2D eigenvalue weighted by atomic mass is 9.86. The first-order chi connectivity index (χ1) is 8.24.